The van der Waals surface area contributed by atoms with Crippen LogP contribution >= 0.6 is 11.6 Å². The van der Waals surface area contributed by atoms with E-state index in [2.05, 4.69) is 10.3 Å². The molecule has 0 unspecified atom stereocenters. The van der Waals surface area contributed by atoms with E-state index in [4.69, 9.17) is 21.8 Å². The Kier molecular flexibility index (Phi) is 3.75. The van der Waals surface area contributed by atoms with Crippen LogP contribution in [0.25, 0.3) is 0 Å². The lowest BCUT2D eigenvalue weighted by molar-refractivity contribution is -0.125. The molecule has 0 saturated carbocycles. The van der Waals surface area contributed by atoms with Crippen LogP contribution in [0.1, 0.15) is 5.76 Å². The molecule has 0 radical (unpaired) electrons. The zero-order valence-corrected chi connectivity index (χ0v) is 7.50. The number of hydrogen-bond donors (Lipinski definition) is 2. The molecule has 0 aliphatic heterocycles. The van der Waals surface area contributed by atoms with Gasteiger partial charge >= 0.3 is 0 Å². The highest BCUT2D eigenvalue weighted by Crippen LogP contribution is 2.12. The predicted molar refractivity (Wildman–Crippen MR) is 45.7 cm³/mol. The molecular weight excluding hydrogens is 196 g/mol. The fourth-order valence-electron chi connectivity index (χ4n) is 0.691. The first-order valence-electron chi connectivity index (χ1n) is 3.55. The molecule has 13 heavy (non-hydrogen) atoms. The highest BCUT2D eigenvalue weighted by atomic mass is 35.5. The summed E-state index contributed by atoms with van der Waals surface area (Å²) in [5, 5.41) is 0.312. The molecule has 0 aliphatic rings. The summed E-state index contributed by atoms with van der Waals surface area (Å²) in [4.78, 5) is 14.9. The summed E-state index contributed by atoms with van der Waals surface area (Å²) < 4.78 is 5.00. The zero-order chi connectivity index (χ0) is 9.68. The first kappa shape index (κ1) is 10.0. The molecule has 0 fully saturated rings. The predicted octanol–water partition coefficient (Wildman–Crippen LogP) is 0.440. The van der Waals surface area contributed by atoms with Crippen molar-refractivity contribution in [2.24, 2.45) is 5.73 Å². The third-order valence-corrected chi connectivity index (χ3v) is 1.39. The lowest BCUT2D eigenvalue weighted by Gasteiger charge is -2.00. The minimum Gasteiger partial charge on any atom is -0.448 e. The van der Waals surface area contributed by atoms with E-state index in [1.807, 2.05) is 0 Å². The number of furan rings is 1. The molecule has 1 rings (SSSR count). The minimum atomic E-state index is -0.537. The second-order valence-electron chi connectivity index (χ2n) is 2.28. The molecule has 1 aromatic heterocycles. The molecule has 1 heterocycles. The Hall–Kier alpha value is -1.04. The van der Waals surface area contributed by atoms with Crippen LogP contribution < -0.4 is 11.2 Å². The van der Waals surface area contributed by atoms with E-state index in [-0.39, 0.29) is 6.61 Å². The molecular formula is C7H9ClN2O3. The van der Waals surface area contributed by atoms with Gasteiger partial charge in [0.2, 0.25) is 5.91 Å². The van der Waals surface area contributed by atoms with Crippen LogP contribution in [-0.4, -0.2) is 12.5 Å². The summed E-state index contributed by atoms with van der Waals surface area (Å²) in [5.41, 5.74) is 7.32. The van der Waals surface area contributed by atoms with Crippen molar-refractivity contribution >= 4 is 17.5 Å². The van der Waals surface area contributed by atoms with Gasteiger partial charge < -0.3 is 10.2 Å². The standard InChI is InChI=1S/C7H9ClN2O3/c8-6-2-1-5(13-6)3-10-12-4-7(9)11/h1-2,10H,3-4H2,(H2,9,11). The van der Waals surface area contributed by atoms with E-state index >= 15 is 0 Å². The lowest BCUT2D eigenvalue weighted by atomic mass is 10.5. The smallest absolute Gasteiger partial charge is 0.245 e. The van der Waals surface area contributed by atoms with Crippen LogP contribution in [0, 0.1) is 0 Å². The molecule has 72 valence electrons. The van der Waals surface area contributed by atoms with Gasteiger partial charge in [-0.2, -0.15) is 5.48 Å². The van der Waals surface area contributed by atoms with Gasteiger partial charge in [0.1, 0.15) is 12.4 Å². The van der Waals surface area contributed by atoms with E-state index in [0.29, 0.717) is 17.5 Å². The Bertz CT molecular complexity index is 287. The Morgan fingerprint density at radius 1 is 1.69 bits per heavy atom. The van der Waals surface area contributed by atoms with Crippen molar-refractivity contribution < 1.29 is 14.0 Å². The number of amides is 1. The number of nitrogens with one attached hydrogen (secondary N) is 1. The van der Waals surface area contributed by atoms with Gasteiger partial charge in [0, 0.05) is 0 Å². The monoisotopic (exact) mass is 204 g/mol. The van der Waals surface area contributed by atoms with Gasteiger partial charge in [-0.3, -0.25) is 9.63 Å². The summed E-state index contributed by atoms with van der Waals surface area (Å²) in [5.74, 6) is 0.0828. The summed E-state index contributed by atoms with van der Waals surface area (Å²) in [6.45, 7) is 0.161. The van der Waals surface area contributed by atoms with Gasteiger partial charge in [-0.25, -0.2) is 0 Å². The van der Waals surface area contributed by atoms with Crippen LogP contribution in [0.3, 0.4) is 0 Å². The molecule has 6 heteroatoms. The minimum absolute atomic E-state index is 0.172. The Morgan fingerprint density at radius 2 is 2.46 bits per heavy atom. The van der Waals surface area contributed by atoms with E-state index in [0.717, 1.165) is 0 Å². The summed E-state index contributed by atoms with van der Waals surface area (Å²) in [6.07, 6.45) is 0. The Balaban J connectivity index is 2.16. The van der Waals surface area contributed by atoms with Crippen LogP contribution in [0.5, 0.6) is 0 Å². The summed E-state index contributed by atoms with van der Waals surface area (Å²) in [7, 11) is 0. The number of halogens is 1. The first-order valence-corrected chi connectivity index (χ1v) is 3.93. The fourth-order valence-corrected chi connectivity index (χ4v) is 0.853. The molecule has 0 saturated heterocycles. The molecule has 0 aromatic carbocycles. The third kappa shape index (κ3) is 3.93. The first-order chi connectivity index (χ1) is 6.18. The molecule has 1 amide bonds. The van der Waals surface area contributed by atoms with Crippen molar-refractivity contribution in [2.45, 2.75) is 6.54 Å². The Morgan fingerprint density at radius 3 is 3.00 bits per heavy atom. The van der Waals surface area contributed by atoms with Crippen molar-refractivity contribution in [3.63, 3.8) is 0 Å². The molecule has 0 atom stereocenters. The maximum absolute atomic E-state index is 10.2. The van der Waals surface area contributed by atoms with Crippen LogP contribution in [-0.2, 0) is 16.2 Å². The second kappa shape index (κ2) is 4.86. The van der Waals surface area contributed by atoms with Gasteiger partial charge in [-0.05, 0) is 23.7 Å². The van der Waals surface area contributed by atoms with Crippen molar-refractivity contribution in [2.75, 3.05) is 6.61 Å². The van der Waals surface area contributed by atoms with Crippen molar-refractivity contribution in [1.29, 1.82) is 0 Å². The number of carbonyl (C=O) groups excluding carboxylic acids is 1. The zero-order valence-electron chi connectivity index (χ0n) is 6.75. The molecule has 0 aliphatic carbocycles. The largest absolute Gasteiger partial charge is 0.448 e. The molecule has 3 N–H and O–H groups in total. The number of nitrogens with two attached hydrogens (primary N) is 1. The van der Waals surface area contributed by atoms with Gasteiger partial charge in [-0.15, -0.1) is 0 Å². The van der Waals surface area contributed by atoms with E-state index in [1.54, 1.807) is 12.1 Å². The fraction of sp³-hybridized carbons (Fsp3) is 0.286. The molecule has 0 bridgehead atoms. The summed E-state index contributed by atoms with van der Waals surface area (Å²) >= 11 is 5.51. The van der Waals surface area contributed by atoms with Crippen LogP contribution in [0.15, 0.2) is 16.5 Å². The molecule has 1 aromatic rings. The average Bonchev–Trinajstić information content (AvgIpc) is 2.45. The second-order valence-corrected chi connectivity index (χ2v) is 2.65. The molecule has 0 spiro atoms. The van der Waals surface area contributed by atoms with Gasteiger partial charge in [0.15, 0.2) is 5.22 Å². The Labute approximate surface area is 79.7 Å². The van der Waals surface area contributed by atoms with Crippen molar-refractivity contribution in [1.82, 2.24) is 5.48 Å². The molecule has 5 nitrogen and oxygen atoms in total. The van der Waals surface area contributed by atoms with Gasteiger partial charge in [0.25, 0.3) is 0 Å². The van der Waals surface area contributed by atoms with Crippen molar-refractivity contribution in [3.05, 3.63) is 23.1 Å². The van der Waals surface area contributed by atoms with Crippen LogP contribution in [0.2, 0.25) is 5.22 Å². The number of rotatable bonds is 5. The average molecular weight is 205 g/mol. The number of carbonyl (C=O) groups is 1. The highest BCUT2D eigenvalue weighted by molar-refractivity contribution is 6.28. The number of hydrogen-bond acceptors (Lipinski definition) is 4. The highest BCUT2D eigenvalue weighted by Gasteiger charge is 1.99. The van der Waals surface area contributed by atoms with Crippen molar-refractivity contribution in [3.8, 4) is 0 Å². The van der Waals surface area contributed by atoms with Gasteiger partial charge in [0.05, 0.1) is 6.54 Å². The van der Waals surface area contributed by atoms with E-state index in [1.165, 1.54) is 0 Å². The SMILES string of the molecule is NC(=O)CONCc1ccc(Cl)o1. The number of primary amides is 1. The lowest BCUT2D eigenvalue weighted by Crippen LogP contribution is -2.24. The van der Waals surface area contributed by atoms with Crippen LogP contribution in [0.4, 0.5) is 0 Å². The van der Waals surface area contributed by atoms with E-state index < -0.39 is 5.91 Å². The third-order valence-electron chi connectivity index (χ3n) is 1.19. The quantitative estimate of drug-likeness (QED) is 0.539. The topological polar surface area (TPSA) is 77.5 Å². The normalized spacial score (nSPS) is 10.2. The number of hydroxylamine groups is 1. The summed E-state index contributed by atoms with van der Waals surface area (Å²) in [6, 6.07) is 3.32. The maximum atomic E-state index is 10.2. The van der Waals surface area contributed by atoms with E-state index in [9.17, 15) is 4.79 Å². The van der Waals surface area contributed by atoms with Gasteiger partial charge in [-0.1, -0.05) is 0 Å². The maximum Gasteiger partial charge on any atom is 0.245 e.